The van der Waals surface area contributed by atoms with Crippen molar-refractivity contribution < 1.29 is 9.53 Å². The van der Waals surface area contributed by atoms with Gasteiger partial charge < -0.3 is 4.74 Å². The summed E-state index contributed by atoms with van der Waals surface area (Å²) in [7, 11) is 1.63. The molecule has 0 atom stereocenters. The summed E-state index contributed by atoms with van der Waals surface area (Å²) in [4.78, 5) is 17.4. The molecule has 0 unspecified atom stereocenters. The number of benzene rings is 2. The van der Waals surface area contributed by atoms with E-state index in [1.54, 1.807) is 35.9 Å². The third-order valence-electron chi connectivity index (χ3n) is 3.76. The van der Waals surface area contributed by atoms with E-state index in [0.717, 1.165) is 17.0 Å². The van der Waals surface area contributed by atoms with Crippen LogP contribution in [0.2, 0.25) is 5.02 Å². The Labute approximate surface area is 158 Å². The number of aromatic nitrogens is 3. The minimum Gasteiger partial charge on any atom is -0.497 e. The van der Waals surface area contributed by atoms with Crippen LogP contribution in [0.4, 0.5) is 5.95 Å². The predicted octanol–water partition coefficient (Wildman–Crippen LogP) is 4.37. The second-order valence-electron chi connectivity index (χ2n) is 5.45. The summed E-state index contributed by atoms with van der Waals surface area (Å²) in [5.74, 6) is 0.691. The Morgan fingerprint density at radius 1 is 1.23 bits per heavy atom. The molecule has 2 aromatic heterocycles. The number of nitrogens with zero attached hydrogens (tertiary/aromatic N) is 3. The zero-order valence-electron chi connectivity index (χ0n) is 13.6. The number of fused-ring (bicyclic) bond motifs is 1. The van der Waals surface area contributed by atoms with Crippen LogP contribution in [0, 0.1) is 0 Å². The maximum Gasteiger partial charge on any atom is 0.258 e. The molecule has 0 spiro atoms. The SMILES string of the molecule is COc1cccc(-c2csc3nc(NC(=O)c4cccc(Cl)c4)nn23)c1. The van der Waals surface area contributed by atoms with Gasteiger partial charge in [0.05, 0.1) is 12.8 Å². The minimum absolute atomic E-state index is 0.242. The predicted molar refractivity (Wildman–Crippen MR) is 102 cm³/mol. The monoisotopic (exact) mass is 384 g/mol. The van der Waals surface area contributed by atoms with Crippen molar-refractivity contribution in [1.82, 2.24) is 14.6 Å². The average Bonchev–Trinajstić information content (AvgIpc) is 3.21. The summed E-state index contributed by atoms with van der Waals surface area (Å²) in [5, 5.41) is 9.57. The molecule has 0 saturated carbocycles. The second-order valence-corrected chi connectivity index (χ2v) is 6.72. The summed E-state index contributed by atoms with van der Waals surface area (Å²) in [5.41, 5.74) is 2.27. The first-order chi connectivity index (χ1) is 12.6. The van der Waals surface area contributed by atoms with Crippen molar-refractivity contribution in [1.29, 1.82) is 0 Å². The number of rotatable bonds is 4. The van der Waals surface area contributed by atoms with Gasteiger partial charge in [-0.15, -0.1) is 16.4 Å². The maximum absolute atomic E-state index is 12.3. The molecule has 2 heterocycles. The smallest absolute Gasteiger partial charge is 0.258 e. The van der Waals surface area contributed by atoms with Crippen LogP contribution in [0.15, 0.2) is 53.9 Å². The number of halogens is 1. The van der Waals surface area contributed by atoms with Crippen molar-refractivity contribution in [2.24, 2.45) is 0 Å². The van der Waals surface area contributed by atoms with Gasteiger partial charge >= 0.3 is 0 Å². The zero-order chi connectivity index (χ0) is 18.1. The lowest BCUT2D eigenvalue weighted by molar-refractivity contribution is 0.102. The first kappa shape index (κ1) is 16.6. The number of amides is 1. The molecule has 1 amide bonds. The second kappa shape index (κ2) is 6.78. The van der Waals surface area contributed by atoms with Crippen LogP contribution < -0.4 is 10.1 Å². The van der Waals surface area contributed by atoms with Crippen LogP contribution in [-0.4, -0.2) is 27.6 Å². The third kappa shape index (κ3) is 3.14. The first-order valence-electron chi connectivity index (χ1n) is 7.69. The molecule has 4 aromatic rings. The van der Waals surface area contributed by atoms with E-state index in [1.165, 1.54) is 11.3 Å². The van der Waals surface area contributed by atoms with Crippen molar-refractivity contribution in [3.8, 4) is 17.0 Å². The van der Waals surface area contributed by atoms with Crippen molar-refractivity contribution in [2.75, 3.05) is 12.4 Å². The molecule has 0 saturated heterocycles. The van der Waals surface area contributed by atoms with E-state index in [-0.39, 0.29) is 11.9 Å². The molecule has 0 radical (unpaired) electrons. The highest BCUT2D eigenvalue weighted by Crippen LogP contribution is 2.28. The number of carbonyl (C=O) groups excluding carboxylic acids is 1. The molecule has 0 aliphatic heterocycles. The Balaban J connectivity index is 1.64. The molecule has 2 aromatic carbocycles. The quantitative estimate of drug-likeness (QED) is 0.567. The molecule has 1 N–H and O–H groups in total. The molecule has 130 valence electrons. The molecular weight excluding hydrogens is 372 g/mol. The van der Waals surface area contributed by atoms with E-state index in [4.69, 9.17) is 16.3 Å². The molecule has 0 aliphatic carbocycles. The standard InChI is InChI=1S/C18H13ClN4O2S/c1-25-14-7-3-4-11(9-14)15-10-26-18-21-17(22-23(15)18)20-16(24)12-5-2-6-13(19)8-12/h2-10H,1H3,(H,20,22,24). The lowest BCUT2D eigenvalue weighted by Gasteiger charge is -2.03. The first-order valence-corrected chi connectivity index (χ1v) is 8.95. The summed E-state index contributed by atoms with van der Waals surface area (Å²) in [6.07, 6.45) is 0. The number of carbonyl (C=O) groups is 1. The van der Waals surface area contributed by atoms with Gasteiger partial charge in [-0.1, -0.05) is 29.8 Å². The Kier molecular flexibility index (Phi) is 4.32. The fraction of sp³-hybridized carbons (Fsp3) is 0.0556. The van der Waals surface area contributed by atoms with Crippen molar-refractivity contribution in [3.05, 3.63) is 64.5 Å². The largest absolute Gasteiger partial charge is 0.497 e. The van der Waals surface area contributed by atoms with Gasteiger partial charge in [-0.3, -0.25) is 10.1 Å². The summed E-state index contributed by atoms with van der Waals surface area (Å²) < 4.78 is 6.97. The number of nitrogens with one attached hydrogen (secondary N) is 1. The Bertz CT molecular complexity index is 1110. The fourth-order valence-electron chi connectivity index (χ4n) is 2.52. The topological polar surface area (TPSA) is 68.5 Å². The molecule has 6 nitrogen and oxygen atoms in total. The summed E-state index contributed by atoms with van der Waals surface area (Å²) >= 11 is 7.37. The Hall–Kier alpha value is -2.90. The van der Waals surface area contributed by atoms with E-state index in [2.05, 4.69) is 15.4 Å². The van der Waals surface area contributed by atoms with Gasteiger partial charge in [0.25, 0.3) is 11.9 Å². The van der Waals surface area contributed by atoms with Gasteiger partial charge in [0.2, 0.25) is 4.96 Å². The van der Waals surface area contributed by atoms with E-state index >= 15 is 0 Å². The van der Waals surface area contributed by atoms with Gasteiger partial charge in [-0.2, -0.15) is 4.98 Å². The number of hydrogen-bond donors (Lipinski definition) is 1. The summed E-state index contributed by atoms with van der Waals surface area (Å²) in [6.45, 7) is 0. The molecular formula is C18H13ClN4O2S. The van der Waals surface area contributed by atoms with Crippen molar-refractivity contribution in [3.63, 3.8) is 0 Å². The van der Waals surface area contributed by atoms with Crippen molar-refractivity contribution >= 4 is 39.8 Å². The lowest BCUT2D eigenvalue weighted by atomic mass is 10.2. The van der Waals surface area contributed by atoms with Gasteiger partial charge in [-0.05, 0) is 30.3 Å². The average molecular weight is 385 g/mol. The Morgan fingerprint density at radius 2 is 2.08 bits per heavy atom. The van der Waals surface area contributed by atoms with Crippen LogP contribution in [-0.2, 0) is 0 Å². The van der Waals surface area contributed by atoms with Gasteiger partial charge in [-0.25, -0.2) is 4.52 Å². The van der Waals surface area contributed by atoms with Crippen LogP contribution in [0.3, 0.4) is 0 Å². The van der Waals surface area contributed by atoms with Gasteiger partial charge in [0.15, 0.2) is 0 Å². The number of thiazole rings is 1. The molecule has 26 heavy (non-hydrogen) atoms. The van der Waals surface area contributed by atoms with Crippen LogP contribution in [0.5, 0.6) is 5.75 Å². The molecule has 0 fully saturated rings. The van der Waals surface area contributed by atoms with Gasteiger partial charge in [0, 0.05) is 21.5 Å². The van der Waals surface area contributed by atoms with E-state index in [9.17, 15) is 4.79 Å². The molecule has 4 rings (SSSR count). The highest BCUT2D eigenvalue weighted by Gasteiger charge is 2.14. The minimum atomic E-state index is -0.311. The maximum atomic E-state index is 12.3. The number of hydrogen-bond acceptors (Lipinski definition) is 5. The molecule has 0 bridgehead atoms. The van der Waals surface area contributed by atoms with Crippen LogP contribution in [0.1, 0.15) is 10.4 Å². The van der Waals surface area contributed by atoms with E-state index in [1.807, 2.05) is 29.6 Å². The zero-order valence-corrected chi connectivity index (χ0v) is 15.2. The summed E-state index contributed by atoms with van der Waals surface area (Å²) in [6, 6.07) is 14.4. The molecule has 8 heteroatoms. The number of anilines is 1. The molecule has 0 aliphatic rings. The van der Waals surface area contributed by atoms with E-state index in [0.29, 0.717) is 15.5 Å². The normalized spacial score (nSPS) is 10.8. The third-order valence-corrected chi connectivity index (χ3v) is 4.81. The highest BCUT2D eigenvalue weighted by atomic mass is 35.5. The van der Waals surface area contributed by atoms with Crippen molar-refractivity contribution in [2.45, 2.75) is 0 Å². The van der Waals surface area contributed by atoms with E-state index < -0.39 is 0 Å². The number of methoxy groups -OCH3 is 1. The Morgan fingerprint density at radius 3 is 2.88 bits per heavy atom. The van der Waals surface area contributed by atoms with Crippen LogP contribution in [0.25, 0.3) is 16.2 Å². The lowest BCUT2D eigenvalue weighted by Crippen LogP contribution is -2.13. The highest BCUT2D eigenvalue weighted by molar-refractivity contribution is 7.15. The van der Waals surface area contributed by atoms with Gasteiger partial charge in [0.1, 0.15) is 5.75 Å². The number of ether oxygens (including phenoxy) is 1. The van der Waals surface area contributed by atoms with Crippen LogP contribution >= 0.6 is 22.9 Å². The fourth-order valence-corrected chi connectivity index (χ4v) is 3.54.